The Balaban J connectivity index is 1.57. The van der Waals surface area contributed by atoms with Crippen LogP contribution in [-0.4, -0.2) is 35.2 Å². The van der Waals surface area contributed by atoms with Crippen molar-refractivity contribution in [1.29, 1.82) is 0 Å². The van der Waals surface area contributed by atoms with Crippen molar-refractivity contribution in [1.82, 2.24) is 4.90 Å². The van der Waals surface area contributed by atoms with Gasteiger partial charge in [-0.2, -0.15) is 0 Å². The fourth-order valence-corrected chi connectivity index (χ4v) is 6.61. The maximum atomic E-state index is 13.9. The first-order valence-corrected chi connectivity index (χ1v) is 11.0. The van der Waals surface area contributed by atoms with Gasteiger partial charge in [-0.05, 0) is 57.9 Å². The van der Waals surface area contributed by atoms with Crippen molar-refractivity contribution >= 4 is 29.1 Å². The van der Waals surface area contributed by atoms with Gasteiger partial charge in [0.25, 0.3) is 0 Å². The molecule has 4 heterocycles. The molecule has 3 fully saturated rings. The van der Waals surface area contributed by atoms with Crippen molar-refractivity contribution in [2.24, 2.45) is 11.8 Å². The first-order chi connectivity index (χ1) is 14.9. The number of carbonyl (C=O) groups is 3. The summed E-state index contributed by atoms with van der Waals surface area (Å²) in [5.74, 6) is -1.78. The van der Waals surface area contributed by atoms with E-state index in [4.69, 9.17) is 0 Å². The van der Waals surface area contributed by atoms with Gasteiger partial charge in [-0.15, -0.1) is 0 Å². The molecular formula is C25H25N3O3. The zero-order valence-electron chi connectivity index (χ0n) is 17.9. The van der Waals surface area contributed by atoms with Crippen molar-refractivity contribution < 1.29 is 14.4 Å². The lowest BCUT2D eigenvalue weighted by atomic mass is 9.75. The summed E-state index contributed by atoms with van der Waals surface area (Å²) in [6, 6.07) is 11.5. The smallest absolute Gasteiger partial charge is 0.250 e. The number of nitrogens with one attached hydrogen (secondary N) is 1. The minimum absolute atomic E-state index is 0.0885. The molecule has 0 bridgehead atoms. The molecule has 0 radical (unpaired) electrons. The van der Waals surface area contributed by atoms with Crippen LogP contribution >= 0.6 is 0 Å². The van der Waals surface area contributed by atoms with E-state index in [0.717, 1.165) is 47.3 Å². The predicted octanol–water partition coefficient (Wildman–Crippen LogP) is 3.04. The molecule has 0 saturated carbocycles. The fourth-order valence-electron chi connectivity index (χ4n) is 6.61. The van der Waals surface area contributed by atoms with Crippen LogP contribution in [0.4, 0.5) is 11.4 Å². The van der Waals surface area contributed by atoms with Gasteiger partial charge in [0.2, 0.25) is 17.7 Å². The van der Waals surface area contributed by atoms with Gasteiger partial charge in [-0.1, -0.05) is 35.4 Å². The fraction of sp³-hybridized carbons (Fsp3) is 0.400. The molecule has 4 atom stereocenters. The van der Waals surface area contributed by atoms with Crippen molar-refractivity contribution in [3.05, 3.63) is 58.7 Å². The average molecular weight is 415 g/mol. The Bertz CT molecular complexity index is 1170. The molecular weight excluding hydrogens is 390 g/mol. The third kappa shape index (κ3) is 2.13. The van der Waals surface area contributed by atoms with E-state index in [1.165, 1.54) is 4.90 Å². The summed E-state index contributed by atoms with van der Waals surface area (Å²) in [4.78, 5) is 44.8. The number of carbonyl (C=O) groups excluding carboxylic acids is 3. The van der Waals surface area contributed by atoms with E-state index in [2.05, 4.69) is 10.2 Å². The Labute approximate surface area is 181 Å². The van der Waals surface area contributed by atoms with Crippen molar-refractivity contribution in [2.75, 3.05) is 16.8 Å². The highest BCUT2D eigenvalue weighted by atomic mass is 16.2. The summed E-state index contributed by atoms with van der Waals surface area (Å²) in [5, 5.41) is 3.09. The lowest BCUT2D eigenvalue weighted by Crippen LogP contribution is -2.54. The van der Waals surface area contributed by atoms with Gasteiger partial charge in [0, 0.05) is 17.3 Å². The third-order valence-electron chi connectivity index (χ3n) is 7.74. The summed E-state index contributed by atoms with van der Waals surface area (Å²) in [6.45, 7) is 6.70. The zero-order valence-corrected chi connectivity index (χ0v) is 17.9. The van der Waals surface area contributed by atoms with Crippen LogP contribution in [0.1, 0.15) is 35.1 Å². The third-order valence-corrected chi connectivity index (χ3v) is 7.74. The van der Waals surface area contributed by atoms with Gasteiger partial charge in [-0.3, -0.25) is 19.3 Å². The highest BCUT2D eigenvalue weighted by Gasteiger charge is 2.74. The van der Waals surface area contributed by atoms with Crippen LogP contribution in [0.2, 0.25) is 0 Å². The van der Waals surface area contributed by atoms with E-state index >= 15 is 0 Å². The van der Waals surface area contributed by atoms with E-state index < -0.39 is 17.4 Å². The van der Waals surface area contributed by atoms with Gasteiger partial charge in [-0.25, -0.2) is 4.90 Å². The second kappa shape index (κ2) is 6.04. The number of hydrogen-bond donors (Lipinski definition) is 1. The molecule has 0 aliphatic carbocycles. The average Bonchev–Trinajstić information content (AvgIpc) is 3.42. The largest absolute Gasteiger partial charge is 0.324 e. The van der Waals surface area contributed by atoms with Crippen molar-refractivity contribution in [2.45, 2.75) is 45.2 Å². The first-order valence-electron chi connectivity index (χ1n) is 11.0. The summed E-state index contributed by atoms with van der Waals surface area (Å²) < 4.78 is 0. The molecule has 3 saturated heterocycles. The van der Waals surface area contributed by atoms with E-state index in [0.29, 0.717) is 5.69 Å². The predicted molar refractivity (Wildman–Crippen MR) is 117 cm³/mol. The van der Waals surface area contributed by atoms with Gasteiger partial charge in [0.1, 0.15) is 5.54 Å². The normalized spacial score (nSPS) is 31.4. The molecule has 2 aromatic rings. The molecule has 31 heavy (non-hydrogen) atoms. The van der Waals surface area contributed by atoms with Crippen LogP contribution in [0.5, 0.6) is 0 Å². The number of hydrogen-bond acceptors (Lipinski definition) is 4. The molecule has 4 aliphatic heterocycles. The molecule has 6 heteroatoms. The standard InChI is InChI=1S/C25H25N3O3/c1-13-6-8-16(9-7-13)28-22(29)19-18-5-4-10-27(18)25(20(19)23(28)30)17-12-14(2)11-15(3)21(17)26-24(25)31/h6-9,11-12,18-20H,4-5,10H2,1-3H3,(H,26,31)/t18-,19+,20-,25-/m1/s1. The first kappa shape index (κ1) is 18.8. The van der Waals surface area contributed by atoms with Crippen molar-refractivity contribution in [3.8, 4) is 0 Å². The molecule has 3 amide bonds. The van der Waals surface area contributed by atoms with Gasteiger partial charge in [0.05, 0.1) is 17.5 Å². The number of rotatable bonds is 1. The Morgan fingerprint density at radius 2 is 1.71 bits per heavy atom. The Kier molecular flexibility index (Phi) is 3.65. The molecule has 158 valence electrons. The van der Waals surface area contributed by atoms with Gasteiger partial charge in [0.15, 0.2) is 0 Å². The van der Waals surface area contributed by atoms with E-state index in [-0.39, 0.29) is 23.8 Å². The summed E-state index contributed by atoms with van der Waals surface area (Å²) in [5.41, 5.74) is 4.26. The minimum atomic E-state index is -1.11. The Morgan fingerprint density at radius 1 is 0.968 bits per heavy atom. The van der Waals surface area contributed by atoms with Crippen LogP contribution in [0.3, 0.4) is 0 Å². The quantitative estimate of drug-likeness (QED) is 0.727. The lowest BCUT2D eigenvalue weighted by molar-refractivity contribution is -0.135. The number of imide groups is 1. The topological polar surface area (TPSA) is 69.7 Å². The van der Waals surface area contributed by atoms with Crippen LogP contribution < -0.4 is 10.2 Å². The zero-order chi connectivity index (χ0) is 21.7. The van der Waals surface area contributed by atoms with Gasteiger partial charge >= 0.3 is 0 Å². The van der Waals surface area contributed by atoms with Crippen LogP contribution in [0.25, 0.3) is 0 Å². The second-order valence-corrected chi connectivity index (χ2v) is 9.48. The summed E-state index contributed by atoms with van der Waals surface area (Å²) >= 11 is 0. The molecule has 4 aliphatic rings. The molecule has 1 spiro atoms. The van der Waals surface area contributed by atoms with Crippen LogP contribution in [-0.2, 0) is 19.9 Å². The lowest BCUT2D eigenvalue weighted by Gasteiger charge is -2.36. The number of aryl methyl sites for hydroxylation is 3. The molecule has 0 aromatic heterocycles. The number of nitrogens with zero attached hydrogens (tertiary/aromatic N) is 2. The number of anilines is 2. The van der Waals surface area contributed by atoms with E-state index in [1.54, 1.807) is 0 Å². The number of fused-ring (bicyclic) bond motifs is 7. The second-order valence-electron chi connectivity index (χ2n) is 9.48. The Morgan fingerprint density at radius 3 is 2.45 bits per heavy atom. The maximum absolute atomic E-state index is 13.9. The molecule has 0 unspecified atom stereocenters. The van der Waals surface area contributed by atoms with Crippen LogP contribution in [0.15, 0.2) is 36.4 Å². The highest BCUT2D eigenvalue weighted by molar-refractivity contribution is 6.26. The summed E-state index contributed by atoms with van der Waals surface area (Å²) in [6.07, 6.45) is 1.76. The van der Waals surface area contributed by atoms with Gasteiger partial charge < -0.3 is 5.32 Å². The molecule has 6 nitrogen and oxygen atoms in total. The molecule has 1 N–H and O–H groups in total. The summed E-state index contributed by atoms with van der Waals surface area (Å²) in [7, 11) is 0. The van der Waals surface area contributed by atoms with E-state index in [1.807, 2.05) is 57.2 Å². The maximum Gasteiger partial charge on any atom is 0.250 e. The molecule has 6 rings (SSSR count). The monoisotopic (exact) mass is 415 g/mol. The number of amides is 3. The van der Waals surface area contributed by atoms with Crippen molar-refractivity contribution in [3.63, 3.8) is 0 Å². The highest BCUT2D eigenvalue weighted by Crippen LogP contribution is 2.61. The number of benzene rings is 2. The minimum Gasteiger partial charge on any atom is -0.324 e. The Hall–Kier alpha value is -2.99. The van der Waals surface area contributed by atoms with Crippen LogP contribution in [0, 0.1) is 32.6 Å². The SMILES string of the molecule is Cc1ccc(N2C(=O)[C@H]3[C@H]4CCCN4[C@@]4(C(=O)Nc5c(C)cc(C)cc54)[C@H]3C2=O)cc1. The van der Waals surface area contributed by atoms with E-state index in [9.17, 15) is 14.4 Å². The molecule has 2 aromatic carbocycles.